The predicted molar refractivity (Wildman–Crippen MR) is 90.5 cm³/mol. The van der Waals surface area contributed by atoms with Gasteiger partial charge in [0.05, 0.1) is 5.75 Å². The van der Waals surface area contributed by atoms with Crippen molar-refractivity contribution >= 4 is 16.0 Å². The maximum Gasteiger partial charge on any atom is 0.213 e. The fourth-order valence-corrected chi connectivity index (χ4v) is 2.76. The molecule has 0 spiro atoms. The third-order valence-corrected chi connectivity index (χ3v) is 5.20. The van der Waals surface area contributed by atoms with E-state index in [-0.39, 0.29) is 5.75 Å². The molecule has 0 fully saturated rings. The molecule has 0 unspecified atom stereocenters. The lowest BCUT2D eigenvalue weighted by molar-refractivity contribution is 0.461. The van der Waals surface area contributed by atoms with Gasteiger partial charge >= 0.3 is 0 Å². The third-order valence-electron chi connectivity index (χ3n) is 3.33. The Kier molecular flexibility index (Phi) is 7.97. The van der Waals surface area contributed by atoms with Gasteiger partial charge in [0, 0.05) is 52.7 Å². The highest BCUT2D eigenvalue weighted by molar-refractivity contribution is 7.89. The summed E-state index contributed by atoms with van der Waals surface area (Å²) in [7, 11) is 0.248. The van der Waals surface area contributed by atoms with Gasteiger partial charge in [-0.3, -0.25) is 4.99 Å². The van der Waals surface area contributed by atoms with Crippen LogP contribution in [0.4, 0.5) is 0 Å². The number of hydrogen-bond donors (Lipinski definition) is 2. The van der Waals surface area contributed by atoms with Gasteiger partial charge in [0.15, 0.2) is 5.96 Å². The van der Waals surface area contributed by atoms with Gasteiger partial charge in [-0.15, -0.1) is 0 Å². The summed E-state index contributed by atoms with van der Waals surface area (Å²) in [5.74, 6) is 0.868. The highest BCUT2D eigenvalue weighted by Crippen LogP contribution is 1.98. The number of aliphatic imine (C=N–C) groups is 1. The van der Waals surface area contributed by atoms with Gasteiger partial charge < -0.3 is 15.2 Å². The second-order valence-corrected chi connectivity index (χ2v) is 7.29. The average Bonchev–Trinajstić information content (AvgIpc) is 3.02. The van der Waals surface area contributed by atoms with E-state index in [1.54, 1.807) is 21.0 Å². The van der Waals surface area contributed by atoms with Crippen molar-refractivity contribution in [2.45, 2.75) is 19.9 Å². The van der Waals surface area contributed by atoms with Crippen molar-refractivity contribution in [1.29, 1.82) is 0 Å². The quantitative estimate of drug-likeness (QED) is 0.389. The normalized spacial score (nSPS) is 12.6. The summed E-state index contributed by atoms with van der Waals surface area (Å²) >= 11 is 0. The molecule has 0 bridgehead atoms. The summed E-state index contributed by atoms with van der Waals surface area (Å²) in [6.45, 7) is 4.47. The lowest BCUT2D eigenvalue weighted by Gasteiger charge is -2.17. The van der Waals surface area contributed by atoms with Crippen molar-refractivity contribution in [2.24, 2.45) is 4.99 Å². The monoisotopic (exact) mass is 329 g/mol. The minimum Gasteiger partial charge on any atom is -0.356 e. The Morgan fingerprint density at radius 1 is 1.23 bits per heavy atom. The Hall–Kier alpha value is -1.54. The molecule has 1 aromatic heterocycles. The molecule has 0 aliphatic heterocycles. The van der Waals surface area contributed by atoms with Crippen LogP contribution in [0.2, 0.25) is 0 Å². The van der Waals surface area contributed by atoms with Crippen LogP contribution in [0.15, 0.2) is 29.5 Å². The summed E-state index contributed by atoms with van der Waals surface area (Å²) in [4.78, 5) is 4.14. The van der Waals surface area contributed by atoms with E-state index in [4.69, 9.17) is 0 Å². The zero-order valence-corrected chi connectivity index (χ0v) is 14.4. The van der Waals surface area contributed by atoms with Crippen molar-refractivity contribution in [3.8, 4) is 0 Å². The van der Waals surface area contributed by atoms with Gasteiger partial charge in [0.25, 0.3) is 0 Å². The van der Waals surface area contributed by atoms with Crippen LogP contribution in [0.1, 0.15) is 13.3 Å². The molecular weight excluding hydrogens is 302 g/mol. The molecule has 2 N–H and O–H groups in total. The maximum atomic E-state index is 11.6. The summed E-state index contributed by atoms with van der Waals surface area (Å²) in [5, 5.41) is 6.41. The smallest absolute Gasteiger partial charge is 0.213 e. The molecule has 0 radical (unpaired) electrons. The molecule has 7 nitrogen and oxygen atoms in total. The summed E-state index contributed by atoms with van der Waals surface area (Å²) in [5.41, 5.74) is 0. The minimum absolute atomic E-state index is 0.138. The van der Waals surface area contributed by atoms with Crippen LogP contribution in [0.5, 0.6) is 0 Å². The number of aromatic nitrogens is 1. The van der Waals surface area contributed by atoms with Crippen LogP contribution in [-0.4, -0.2) is 62.7 Å². The summed E-state index contributed by atoms with van der Waals surface area (Å²) in [6, 6.07) is 3.99. The van der Waals surface area contributed by atoms with Gasteiger partial charge in [-0.25, -0.2) is 12.7 Å². The summed E-state index contributed by atoms with van der Waals surface area (Å²) < 4.78 is 26.7. The molecule has 1 heterocycles. The van der Waals surface area contributed by atoms with Crippen LogP contribution < -0.4 is 10.6 Å². The van der Waals surface area contributed by atoms with E-state index in [9.17, 15) is 8.42 Å². The number of sulfonamides is 1. The van der Waals surface area contributed by atoms with Crippen LogP contribution in [0.25, 0.3) is 0 Å². The molecule has 8 heteroatoms. The highest BCUT2D eigenvalue weighted by Gasteiger charge is 2.13. The zero-order valence-electron chi connectivity index (χ0n) is 13.6. The fourth-order valence-electron chi connectivity index (χ4n) is 1.91. The molecule has 1 aromatic rings. The third kappa shape index (κ3) is 6.48. The van der Waals surface area contributed by atoms with Crippen molar-refractivity contribution in [3.05, 3.63) is 24.5 Å². The number of nitrogens with one attached hydrogen (secondary N) is 2. The predicted octanol–water partition coefficient (Wildman–Crippen LogP) is 0.325. The molecule has 0 saturated heterocycles. The van der Waals surface area contributed by atoms with Gasteiger partial charge in [-0.1, -0.05) is 0 Å². The van der Waals surface area contributed by atoms with Crippen molar-refractivity contribution in [2.75, 3.05) is 39.5 Å². The molecule has 0 aliphatic carbocycles. The number of hydrogen-bond acceptors (Lipinski definition) is 3. The SMILES string of the molecule is CCS(=O)(=O)N(C)CCCNC(=NC)NCCn1cccc1. The molecule has 0 aliphatic rings. The van der Waals surface area contributed by atoms with E-state index in [1.165, 1.54) is 4.31 Å². The molecule has 126 valence electrons. The molecule has 22 heavy (non-hydrogen) atoms. The second kappa shape index (κ2) is 9.47. The van der Waals surface area contributed by atoms with Gasteiger partial charge in [-0.05, 0) is 25.5 Å². The molecule has 0 saturated carbocycles. The van der Waals surface area contributed by atoms with E-state index < -0.39 is 10.0 Å². The first-order valence-corrected chi connectivity index (χ1v) is 9.09. The Labute approximate surface area is 133 Å². The molecule has 0 atom stereocenters. The Bertz CT molecular complexity index is 540. The highest BCUT2D eigenvalue weighted by atomic mass is 32.2. The van der Waals surface area contributed by atoms with Crippen molar-refractivity contribution in [1.82, 2.24) is 19.5 Å². The van der Waals surface area contributed by atoms with E-state index in [0.717, 1.165) is 25.5 Å². The lowest BCUT2D eigenvalue weighted by Crippen LogP contribution is -2.40. The molecule has 0 amide bonds. The zero-order chi connectivity index (χ0) is 16.4. The summed E-state index contributed by atoms with van der Waals surface area (Å²) in [6.07, 6.45) is 4.76. The van der Waals surface area contributed by atoms with Gasteiger partial charge in [0.2, 0.25) is 10.0 Å². The Morgan fingerprint density at radius 2 is 1.86 bits per heavy atom. The number of nitrogens with zero attached hydrogens (tertiary/aromatic N) is 3. The maximum absolute atomic E-state index is 11.6. The molecule has 0 aromatic carbocycles. The lowest BCUT2D eigenvalue weighted by atomic mass is 10.4. The van der Waals surface area contributed by atoms with Gasteiger partial charge in [-0.2, -0.15) is 0 Å². The fraction of sp³-hybridized carbons (Fsp3) is 0.643. The van der Waals surface area contributed by atoms with Crippen LogP contribution in [-0.2, 0) is 16.6 Å². The van der Waals surface area contributed by atoms with Crippen LogP contribution >= 0.6 is 0 Å². The Balaban J connectivity index is 2.19. The van der Waals surface area contributed by atoms with Crippen molar-refractivity contribution < 1.29 is 8.42 Å². The van der Waals surface area contributed by atoms with Gasteiger partial charge in [0.1, 0.15) is 0 Å². The van der Waals surface area contributed by atoms with E-state index in [1.807, 2.05) is 24.5 Å². The minimum atomic E-state index is -3.09. The first kappa shape index (κ1) is 18.5. The topological polar surface area (TPSA) is 78.7 Å². The second-order valence-electron chi connectivity index (χ2n) is 4.92. The molecule has 1 rings (SSSR count). The van der Waals surface area contributed by atoms with E-state index in [2.05, 4.69) is 20.2 Å². The largest absolute Gasteiger partial charge is 0.356 e. The number of guanidine groups is 1. The first-order valence-electron chi connectivity index (χ1n) is 7.49. The molecular formula is C14H27N5O2S. The standard InChI is InChI=1S/C14H27N5O2S/c1-4-22(20,21)18(3)10-7-8-16-14(15-2)17-9-13-19-11-5-6-12-19/h5-6,11-12H,4,7-10,13H2,1-3H3,(H2,15,16,17). The Morgan fingerprint density at radius 3 is 2.45 bits per heavy atom. The number of rotatable bonds is 9. The van der Waals surface area contributed by atoms with E-state index >= 15 is 0 Å². The van der Waals surface area contributed by atoms with Crippen molar-refractivity contribution in [3.63, 3.8) is 0 Å². The van der Waals surface area contributed by atoms with Crippen LogP contribution in [0.3, 0.4) is 0 Å². The average molecular weight is 329 g/mol. The first-order chi connectivity index (χ1) is 10.5. The van der Waals surface area contributed by atoms with Crippen LogP contribution in [0, 0.1) is 0 Å². The van der Waals surface area contributed by atoms with E-state index in [0.29, 0.717) is 13.1 Å².